The van der Waals surface area contributed by atoms with Gasteiger partial charge in [0.1, 0.15) is 6.10 Å². The van der Waals surface area contributed by atoms with Crippen LogP contribution >= 0.6 is 0 Å². The lowest BCUT2D eigenvalue weighted by Crippen LogP contribution is -2.20. The third-order valence-electron chi connectivity index (χ3n) is 2.63. The first kappa shape index (κ1) is 14.7. The minimum atomic E-state index is -4.41. The zero-order valence-corrected chi connectivity index (χ0v) is 10.00. The molecule has 18 heavy (non-hydrogen) atoms. The average molecular weight is 260 g/mol. The van der Waals surface area contributed by atoms with Crippen molar-refractivity contribution in [2.45, 2.75) is 38.5 Å². The van der Waals surface area contributed by atoms with Gasteiger partial charge in [0.05, 0.1) is 5.56 Å². The molecule has 1 aromatic rings. The number of Topliss-reactive ketones (excluding diaryl/α,β-unsaturated/α-hetero) is 1. The highest BCUT2D eigenvalue weighted by atomic mass is 19.4. The van der Waals surface area contributed by atoms with Crippen LogP contribution in [0.4, 0.5) is 13.2 Å². The van der Waals surface area contributed by atoms with Crippen molar-refractivity contribution in [1.82, 2.24) is 0 Å². The number of hydrogen-bond acceptors (Lipinski definition) is 2. The van der Waals surface area contributed by atoms with Crippen LogP contribution in [-0.4, -0.2) is 17.0 Å². The molecule has 0 saturated heterocycles. The number of carbonyl (C=O) groups excluding carboxylic acids is 1. The molecule has 0 radical (unpaired) electrons. The summed E-state index contributed by atoms with van der Waals surface area (Å²) < 4.78 is 36.9. The Kier molecular flexibility index (Phi) is 4.90. The Hall–Kier alpha value is -1.36. The predicted octanol–water partition coefficient (Wildman–Crippen LogP) is 3.44. The first-order valence-corrected chi connectivity index (χ1v) is 5.75. The number of halogens is 3. The lowest BCUT2D eigenvalue weighted by atomic mass is 10.0. The van der Waals surface area contributed by atoms with E-state index in [9.17, 15) is 23.1 Å². The topological polar surface area (TPSA) is 37.3 Å². The number of ketones is 1. The lowest BCUT2D eigenvalue weighted by Gasteiger charge is -2.10. The molecule has 0 amide bonds. The Balaban J connectivity index is 2.76. The molecular weight excluding hydrogens is 245 g/mol. The number of unbranched alkanes of at least 4 members (excludes halogenated alkanes) is 1. The Morgan fingerprint density at radius 2 is 1.83 bits per heavy atom. The SMILES string of the molecule is CCCCC(O)C(=O)c1ccc(C(F)(F)F)cc1. The van der Waals surface area contributed by atoms with E-state index in [1.165, 1.54) is 0 Å². The fraction of sp³-hybridized carbons (Fsp3) is 0.462. The zero-order chi connectivity index (χ0) is 13.8. The van der Waals surface area contributed by atoms with Crippen LogP contribution in [-0.2, 0) is 6.18 Å². The van der Waals surface area contributed by atoms with Gasteiger partial charge in [-0.25, -0.2) is 0 Å². The third-order valence-corrected chi connectivity index (χ3v) is 2.63. The first-order valence-electron chi connectivity index (χ1n) is 5.75. The maximum Gasteiger partial charge on any atom is 0.416 e. The molecule has 2 nitrogen and oxygen atoms in total. The molecule has 5 heteroatoms. The summed E-state index contributed by atoms with van der Waals surface area (Å²) in [6, 6.07) is 3.89. The molecule has 1 aromatic carbocycles. The Bertz CT molecular complexity index is 396. The van der Waals surface area contributed by atoms with Crippen LogP contribution in [0.25, 0.3) is 0 Å². The third kappa shape index (κ3) is 3.84. The molecule has 1 unspecified atom stereocenters. The van der Waals surface area contributed by atoms with Gasteiger partial charge in [-0.3, -0.25) is 4.79 Å². The number of carbonyl (C=O) groups is 1. The molecule has 0 spiro atoms. The molecule has 0 bridgehead atoms. The van der Waals surface area contributed by atoms with Crippen LogP contribution in [0.3, 0.4) is 0 Å². The molecule has 0 aliphatic heterocycles. The highest BCUT2D eigenvalue weighted by Crippen LogP contribution is 2.29. The minimum Gasteiger partial charge on any atom is -0.385 e. The molecule has 0 saturated carbocycles. The number of aliphatic hydroxyl groups is 1. The van der Waals surface area contributed by atoms with Gasteiger partial charge >= 0.3 is 6.18 Å². The molecule has 100 valence electrons. The maximum atomic E-state index is 12.3. The molecule has 1 N–H and O–H groups in total. The van der Waals surface area contributed by atoms with Gasteiger partial charge in [-0.2, -0.15) is 13.2 Å². The van der Waals surface area contributed by atoms with Crippen LogP contribution in [0, 0.1) is 0 Å². The standard InChI is InChI=1S/C13H15F3O2/c1-2-3-4-11(17)12(18)9-5-7-10(8-6-9)13(14,15)16/h5-8,11,17H,2-4H2,1H3. The van der Waals surface area contributed by atoms with Gasteiger partial charge in [0.25, 0.3) is 0 Å². The van der Waals surface area contributed by atoms with Gasteiger partial charge in [-0.05, 0) is 18.6 Å². The highest BCUT2D eigenvalue weighted by Gasteiger charge is 2.30. The first-order chi connectivity index (χ1) is 8.36. The van der Waals surface area contributed by atoms with Crippen LogP contribution in [0.2, 0.25) is 0 Å². The molecule has 0 fully saturated rings. The summed E-state index contributed by atoms with van der Waals surface area (Å²) >= 11 is 0. The van der Waals surface area contributed by atoms with Crippen molar-refractivity contribution in [1.29, 1.82) is 0 Å². The molecule has 1 rings (SSSR count). The Labute approximate surface area is 103 Å². The van der Waals surface area contributed by atoms with Gasteiger partial charge in [-0.1, -0.05) is 31.9 Å². The van der Waals surface area contributed by atoms with Crippen molar-refractivity contribution in [2.75, 3.05) is 0 Å². The smallest absolute Gasteiger partial charge is 0.385 e. The summed E-state index contributed by atoms with van der Waals surface area (Å²) in [6.45, 7) is 1.93. The minimum absolute atomic E-state index is 0.103. The van der Waals surface area contributed by atoms with E-state index in [1.54, 1.807) is 0 Å². The van der Waals surface area contributed by atoms with Crippen LogP contribution in [0.15, 0.2) is 24.3 Å². The highest BCUT2D eigenvalue weighted by molar-refractivity contribution is 5.99. The fourth-order valence-electron chi connectivity index (χ4n) is 1.54. The van der Waals surface area contributed by atoms with Gasteiger partial charge in [0, 0.05) is 5.56 Å². The van der Waals surface area contributed by atoms with E-state index in [4.69, 9.17) is 0 Å². The predicted molar refractivity (Wildman–Crippen MR) is 61.3 cm³/mol. The second-order valence-corrected chi connectivity index (χ2v) is 4.10. The zero-order valence-electron chi connectivity index (χ0n) is 10.00. The molecule has 0 aliphatic rings. The van der Waals surface area contributed by atoms with Crippen molar-refractivity contribution < 1.29 is 23.1 Å². The van der Waals surface area contributed by atoms with Crippen LogP contribution < -0.4 is 0 Å². The van der Waals surface area contributed by atoms with E-state index in [2.05, 4.69) is 0 Å². The van der Waals surface area contributed by atoms with Crippen LogP contribution in [0.1, 0.15) is 42.1 Å². The molecular formula is C13H15F3O2. The Morgan fingerprint density at radius 1 is 1.28 bits per heavy atom. The molecule has 1 atom stereocenters. The van der Waals surface area contributed by atoms with Gasteiger partial charge in [0.2, 0.25) is 0 Å². The maximum absolute atomic E-state index is 12.3. The lowest BCUT2D eigenvalue weighted by molar-refractivity contribution is -0.137. The van der Waals surface area contributed by atoms with E-state index in [-0.39, 0.29) is 5.56 Å². The molecule has 0 aliphatic carbocycles. The van der Waals surface area contributed by atoms with Crippen molar-refractivity contribution >= 4 is 5.78 Å². The van der Waals surface area contributed by atoms with Crippen molar-refractivity contribution in [3.63, 3.8) is 0 Å². The fourth-order valence-corrected chi connectivity index (χ4v) is 1.54. The summed E-state index contributed by atoms with van der Waals surface area (Å²) in [6.07, 6.45) is -3.68. The van der Waals surface area contributed by atoms with Crippen molar-refractivity contribution in [3.8, 4) is 0 Å². The van der Waals surface area contributed by atoms with E-state index in [1.807, 2.05) is 6.92 Å². The van der Waals surface area contributed by atoms with Gasteiger partial charge in [-0.15, -0.1) is 0 Å². The van der Waals surface area contributed by atoms with E-state index in [0.29, 0.717) is 12.8 Å². The van der Waals surface area contributed by atoms with E-state index < -0.39 is 23.6 Å². The number of hydrogen-bond donors (Lipinski definition) is 1. The normalized spacial score (nSPS) is 13.4. The van der Waals surface area contributed by atoms with Gasteiger partial charge < -0.3 is 5.11 Å². The summed E-state index contributed by atoms with van der Waals surface area (Å²) in [5.41, 5.74) is -0.700. The quantitative estimate of drug-likeness (QED) is 0.823. The number of aliphatic hydroxyl groups excluding tert-OH is 1. The largest absolute Gasteiger partial charge is 0.416 e. The van der Waals surface area contributed by atoms with Gasteiger partial charge in [0.15, 0.2) is 5.78 Å². The Morgan fingerprint density at radius 3 is 2.28 bits per heavy atom. The molecule has 0 heterocycles. The number of alkyl halides is 3. The monoisotopic (exact) mass is 260 g/mol. The number of rotatable bonds is 5. The van der Waals surface area contributed by atoms with Crippen LogP contribution in [0.5, 0.6) is 0 Å². The molecule has 0 aromatic heterocycles. The summed E-state index contributed by atoms with van der Waals surface area (Å²) in [7, 11) is 0. The summed E-state index contributed by atoms with van der Waals surface area (Å²) in [5.74, 6) is -0.530. The summed E-state index contributed by atoms with van der Waals surface area (Å²) in [4.78, 5) is 11.7. The van der Waals surface area contributed by atoms with E-state index in [0.717, 1.165) is 30.7 Å². The van der Waals surface area contributed by atoms with E-state index >= 15 is 0 Å². The summed E-state index contributed by atoms with van der Waals surface area (Å²) in [5, 5.41) is 9.56. The average Bonchev–Trinajstić information content (AvgIpc) is 2.34. The van der Waals surface area contributed by atoms with Crippen molar-refractivity contribution in [2.24, 2.45) is 0 Å². The second kappa shape index (κ2) is 6.00. The second-order valence-electron chi connectivity index (χ2n) is 4.10. The number of benzene rings is 1. The van der Waals surface area contributed by atoms with Crippen molar-refractivity contribution in [3.05, 3.63) is 35.4 Å².